The number of amides is 2. The van der Waals surface area contributed by atoms with E-state index < -0.39 is 11.4 Å². The van der Waals surface area contributed by atoms with Crippen LogP contribution in [0.4, 0.5) is 5.69 Å². The molecule has 112 valence electrons. The molecule has 0 aliphatic carbocycles. The number of carbonyl (C=O) groups excluding carboxylic acids is 2. The maximum absolute atomic E-state index is 12.7. The van der Waals surface area contributed by atoms with Crippen LogP contribution in [0, 0.1) is 12.3 Å². The van der Waals surface area contributed by atoms with Gasteiger partial charge in [0.1, 0.15) is 0 Å². The van der Waals surface area contributed by atoms with Crippen molar-refractivity contribution in [2.24, 2.45) is 5.41 Å². The number of aryl methyl sites for hydroxylation is 1. The number of nitrogens with zero attached hydrogens (tertiary/aromatic N) is 1. The zero-order valence-corrected chi connectivity index (χ0v) is 12.5. The monoisotopic (exact) mass is 289 g/mol. The summed E-state index contributed by atoms with van der Waals surface area (Å²) in [5.41, 5.74) is 0.109. The van der Waals surface area contributed by atoms with Crippen LogP contribution in [0.1, 0.15) is 49.0 Å². The number of hydrogen-bond acceptors (Lipinski definition) is 3. The summed E-state index contributed by atoms with van der Waals surface area (Å²) < 4.78 is 0. The summed E-state index contributed by atoms with van der Waals surface area (Å²) >= 11 is 0. The molecule has 2 amide bonds. The molecule has 1 aliphatic rings. The molecule has 5 nitrogen and oxygen atoms in total. The first kappa shape index (κ1) is 15.2. The Kier molecular flexibility index (Phi) is 3.85. The van der Waals surface area contributed by atoms with Crippen molar-refractivity contribution in [3.63, 3.8) is 0 Å². The Hall–Kier alpha value is -2.17. The van der Waals surface area contributed by atoms with E-state index >= 15 is 0 Å². The molecule has 0 atom stereocenters. The van der Waals surface area contributed by atoms with Crippen molar-refractivity contribution < 1.29 is 19.5 Å². The molecule has 1 aromatic rings. The summed E-state index contributed by atoms with van der Waals surface area (Å²) in [6.45, 7) is 5.47. The highest BCUT2D eigenvalue weighted by Crippen LogP contribution is 2.42. The first-order chi connectivity index (χ1) is 9.88. The molecule has 1 fully saturated rings. The molecule has 5 heteroatoms. The van der Waals surface area contributed by atoms with Crippen molar-refractivity contribution in [2.75, 3.05) is 4.90 Å². The van der Waals surface area contributed by atoms with Gasteiger partial charge in [-0.15, -0.1) is 0 Å². The third-order valence-electron chi connectivity index (χ3n) is 4.44. The molecule has 0 bridgehead atoms. The third-order valence-corrected chi connectivity index (χ3v) is 4.44. The zero-order chi connectivity index (χ0) is 15.8. The molecule has 1 aromatic carbocycles. The van der Waals surface area contributed by atoms with Crippen LogP contribution in [0.5, 0.6) is 0 Å². The van der Waals surface area contributed by atoms with E-state index in [-0.39, 0.29) is 29.5 Å². The van der Waals surface area contributed by atoms with Crippen LogP contribution in [-0.4, -0.2) is 22.9 Å². The molecule has 0 aromatic heterocycles. The lowest BCUT2D eigenvalue weighted by molar-refractivity contribution is -0.126. The van der Waals surface area contributed by atoms with Crippen LogP contribution in [0.25, 0.3) is 0 Å². The maximum Gasteiger partial charge on any atom is 0.337 e. The molecule has 0 unspecified atom stereocenters. The van der Waals surface area contributed by atoms with Crippen molar-refractivity contribution in [1.29, 1.82) is 0 Å². The van der Waals surface area contributed by atoms with Gasteiger partial charge in [-0.25, -0.2) is 9.69 Å². The van der Waals surface area contributed by atoms with E-state index in [9.17, 15) is 19.5 Å². The van der Waals surface area contributed by atoms with Crippen molar-refractivity contribution in [2.45, 2.75) is 40.0 Å². The van der Waals surface area contributed by atoms with Gasteiger partial charge in [-0.3, -0.25) is 9.59 Å². The second-order valence-electron chi connectivity index (χ2n) is 5.47. The van der Waals surface area contributed by atoms with Gasteiger partial charge in [0.25, 0.3) is 0 Å². The topological polar surface area (TPSA) is 74.7 Å². The van der Waals surface area contributed by atoms with E-state index in [2.05, 4.69) is 0 Å². The number of carboxylic acid groups (broad SMARTS) is 1. The second-order valence-corrected chi connectivity index (χ2v) is 5.47. The first-order valence-corrected chi connectivity index (χ1v) is 7.08. The molecular weight excluding hydrogens is 270 g/mol. The predicted octanol–water partition coefficient (Wildman–Crippen LogP) is 2.76. The molecule has 21 heavy (non-hydrogen) atoms. The third kappa shape index (κ3) is 2.22. The van der Waals surface area contributed by atoms with Crippen molar-refractivity contribution in [3.05, 3.63) is 29.3 Å². The average Bonchev–Trinajstić information content (AvgIpc) is 2.70. The minimum atomic E-state index is -1.14. The molecule has 0 radical (unpaired) electrons. The fourth-order valence-corrected chi connectivity index (χ4v) is 2.95. The van der Waals surface area contributed by atoms with Gasteiger partial charge in [0.2, 0.25) is 11.8 Å². The Balaban J connectivity index is 2.61. The van der Waals surface area contributed by atoms with Gasteiger partial charge in [-0.2, -0.15) is 0 Å². The first-order valence-electron chi connectivity index (χ1n) is 7.08. The number of imide groups is 1. The van der Waals surface area contributed by atoms with Gasteiger partial charge in [0, 0.05) is 6.42 Å². The van der Waals surface area contributed by atoms with Crippen molar-refractivity contribution in [3.8, 4) is 0 Å². The van der Waals surface area contributed by atoms with Crippen molar-refractivity contribution in [1.82, 2.24) is 0 Å². The molecule has 0 spiro atoms. The fraction of sp³-hybridized carbons (Fsp3) is 0.438. The quantitative estimate of drug-likeness (QED) is 0.865. The Morgan fingerprint density at radius 3 is 2.38 bits per heavy atom. The highest BCUT2D eigenvalue weighted by molar-refractivity contribution is 6.24. The summed E-state index contributed by atoms with van der Waals surface area (Å²) in [6, 6.07) is 4.74. The smallest absolute Gasteiger partial charge is 0.337 e. The van der Waals surface area contributed by atoms with Crippen LogP contribution >= 0.6 is 0 Å². The van der Waals surface area contributed by atoms with Crippen LogP contribution in [0.15, 0.2) is 18.2 Å². The lowest BCUT2D eigenvalue weighted by Crippen LogP contribution is -2.36. The SMILES string of the molecule is CCC1(CC)CC(=O)N(c2c(C)cccc2C(=O)O)C1=O. The molecule has 0 saturated carbocycles. The largest absolute Gasteiger partial charge is 0.478 e. The van der Waals surface area contributed by atoms with Crippen molar-refractivity contribution >= 4 is 23.5 Å². The summed E-state index contributed by atoms with van der Waals surface area (Å²) in [4.78, 5) is 37.6. The Morgan fingerprint density at radius 2 is 1.90 bits per heavy atom. The Labute approximate surface area is 123 Å². The van der Waals surface area contributed by atoms with Crippen LogP contribution in [0.3, 0.4) is 0 Å². The highest BCUT2D eigenvalue weighted by atomic mass is 16.4. The zero-order valence-electron chi connectivity index (χ0n) is 12.5. The van der Waals surface area contributed by atoms with E-state index in [1.807, 2.05) is 13.8 Å². The molecule has 1 N–H and O–H groups in total. The lowest BCUT2D eigenvalue weighted by atomic mass is 9.81. The standard InChI is InChI=1S/C16H19NO4/c1-4-16(5-2)9-12(18)17(15(16)21)13-10(3)7-6-8-11(13)14(19)20/h6-8H,4-5,9H2,1-3H3,(H,19,20). The number of hydrogen-bond donors (Lipinski definition) is 1. The molecule has 1 heterocycles. The summed E-state index contributed by atoms with van der Waals surface area (Å²) in [5, 5.41) is 9.32. The average molecular weight is 289 g/mol. The Bertz CT molecular complexity index is 617. The lowest BCUT2D eigenvalue weighted by Gasteiger charge is -2.25. The number of carbonyl (C=O) groups is 3. The Morgan fingerprint density at radius 1 is 1.29 bits per heavy atom. The van der Waals surface area contributed by atoms with E-state index in [0.29, 0.717) is 18.4 Å². The molecule has 2 rings (SSSR count). The number of benzene rings is 1. The second kappa shape index (κ2) is 5.31. The van der Waals surface area contributed by atoms with E-state index in [1.54, 1.807) is 19.1 Å². The van der Waals surface area contributed by atoms with Crippen LogP contribution in [0.2, 0.25) is 0 Å². The van der Waals surface area contributed by atoms with Crippen LogP contribution in [-0.2, 0) is 9.59 Å². The van der Waals surface area contributed by atoms with Crippen LogP contribution < -0.4 is 4.90 Å². The van der Waals surface area contributed by atoms with Gasteiger partial charge in [0.05, 0.1) is 16.7 Å². The minimum Gasteiger partial charge on any atom is -0.478 e. The molecular formula is C16H19NO4. The molecule has 1 aliphatic heterocycles. The highest BCUT2D eigenvalue weighted by Gasteiger charge is 2.50. The van der Waals surface area contributed by atoms with E-state index in [0.717, 1.165) is 4.90 Å². The predicted molar refractivity (Wildman–Crippen MR) is 78.3 cm³/mol. The summed E-state index contributed by atoms with van der Waals surface area (Å²) in [5.74, 6) is -1.74. The van der Waals surface area contributed by atoms with Gasteiger partial charge in [-0.1, -0.05) is 26.0 Å². The number of carboxylic acids is 1. The number of rotatable bonds is 4. The normalized spacial score (nSPS) is 17.4. The van der Waals surface area contributed by atoms with Gasteiger partial charge in [-0.05, 0) is 31.4 Å². The summed E-state index contributed by atoms with van der Waals surface area (Å²) in [7, 11) is 0. The van der Waals surface area contributed by atoms with E-state index in [4.69, 9.17) is 0 Å². The van der Waals surface area contributed by atoms with E-state index in [1.165, 1.54) is 6.07 Å². The number of para-hydroxylation sites is 1. The minimum absolute atomic E-state index is 0.0142. The summed E-state index contributed by atoms with van der Waals surface area (Å²) in [6.07, 6.45) is 1.28. The fourth-order valence-electron chi connectivity index (χ4n) is 2.95. The molecule has 1 saturated heterocycles. The van der Waals surface area contributed by atoms with Gasteiger partial charge >= 0.3 is 5.97 Å². The van der Waals surface area contributed by atoms with Gasteiger partial charge in [0.15, 0.2) is 0 Å². The maximum atomic E-state index is 12.7. The number of aromatic carboxylic acids is 1. The van der Waals surface area contributed by atoms with Gasteiger partial charge < -0.3 is 5.11 Å². The number of anilines is 1.